The molecule has 7 nitrogen and oxygen atoms in total. The molecule has 2 N–H and O–H groups in total. The number of carbonyl (C=O) groups is 2. The van der Waals surface area contributed by atoms with E-state index in [1.54, 1.807) is 6.92 Å². The molecule has 0 aliphatic carbocycles. The summed E-state index contributed by atoms with van der Waals surface area (Å²) in [5.74, 6) is -1.17. The Morgan fingerprint density at radius 1 is 1.17 bits per heavy atom. The number of esters is 1. The zero-order valence-corrected chi connectivity index (χ0v) is 18.1. The molecule has 3 rings (SSSR count). The van der Waals surface area contributed by atoms with Crippen molar-refractivity contribution in [2.45, 2.75) is 31.1 Å². The van der Waals surface area contributed by atoms with E-state index in [-0.39, 0.29) is 21.7 Å². The molecule has 8 heteroatoms. The lowest BCUT2D eigenvalue weighted by Crippen LogP contribution is -2.25. The Kier molecular flexibility index (Phi) is 5.58. The number of fused-ring (bicyclic) bond motifs is 1. The van der Waals surface area contributed by atoms with Crippen molar-refractivity contribution in [3.8, 4) is 0 Å². The molecule has 0 spiro atoms. The highest BCUT2D eigenvalue weighted by atomic mass is 32.2. The molecule has 0 bridgehead atoms. The Hall–Kier alpha value is -2.97. The van der Waals surface area contributed by atoms with Crippen LogP contribution in [0.3, 0.4) is 0 Å². The number of sulfonamides is 1. The van der Waals surface area contributed by atoms with Gasteiger partial charge in [0.1, 0.15) is 0 Å². The molecule has 0 aromatic heterocycles. The van der Waals surface area contributed by atoms with Gasteiger partial charge in [0.05, 0.1) is 10.5 Å². The van der Waals surface area contributed by atoms with Crippen molar-refractivity contribution in [3.63, 3.8) is 0 Å². The highest BCUT2D eigenvalue weighted by Crippen LogP contribution is 2.46. The molecule has 1 aliphatic rings. The van der Waals surface area contributed by atoms with E-state index in [4.69, 9.17) is 9.88 Å². The third kappa shape index (κ3) is 4.01. The minimum absolute atomic E-state index is 0.01000. The standard InChI is InChI=1S/C22H24N2O5S/c1-14-9-10-15(11-19(14)30(23,27)28)21(26)29-13-16(25)12-20-22(2,3)17-7-5-6-8-18(17)24(20)4/h5-12H,13H2,1-4H3,(H2,23,27,28)/b20-12-. The summed E-state index contributed by atoms with van der Waals surface area (Å²) >= 11 is 0. The predicted molar refractivity (Wildman–Crippen MR) is 114 cm³/mol. The number of rotatable bonds is 5. The van der Waals surface area contributed by atoms with E-state index < -0.39 is 22.6 Å². The molecule has 30 heavy (non-hydrogen) atoms. The van der Waals surface area contributed by atoms with E-state index >= 15 is 0 Å². The predicted octanol–water partition coefficient (Wildman–Crippen LogP) is 2.68. The van der Waals surface area contributed by atoms with Crippen LogP contribution >= 0.6 is 0 Å². The van der Waals surface area contributed by atoms with Gasteiger partial charge in [-0.3, -0.25) is 4.79 Å². The van der Waals surface area contributed by atoms with Gasteiger partial charge in [-0.15, -0.1) is 0 Å². The van der Waals surface area contributed by atoms with Crippen LogP contribution in [0.2, 0.25) is 0 Å². The zero-order valence-electron chi connectivity index (χ0n) is 17.3. The monoisotopic (exact) mass is 428 g/mol. The molecular formula is C22H24N2O5S. The van der Waals surface area contributed by atoms with Crippen LogP contribution < -0.4 is 10.0 Å². The number of primary sulfonamides is 1. The van der Waals surface area contributed by atoms with Gasteiger partial charge < -0.3 is 9.64 Å². The number of hydrogen-bond donors (Lipinski definition) is 1. The van der Waals surface area contributed by atoms with E-state index in [1.807, 2.05) is 50.1 Å². The van der Waals surface area contributed by atoms with Crippen LogP contribution in [0, 0.1) is 6.92 Å². The molecule has 1 heterocycles. The van der Waals surface area contributed by atoms with Crippen LogP contribution in [-0.2, 0) is 25.0 Å². The Bertz CT molecular complexity index is 1170. The second kappa shape index (κ2) is 7.70. The highest BCUT2D eigenvalue weighted by Gasteiger charge is 2.38. The van der Waals surface area contributed by atoms with Crippen molar-refractivity contribution < 1.29 is 22.7 Å². The molecule has 0 atom stereocenters. The van der Waals surface area contributed by atoms with Crippen molar-refractivity contribution in [1.82, 2.24) is 0 Å². The van der Waals surface area contributed by atoms with Gasteiger partial charge in [0.2, 0.25) is 10.0 Å². The van der Waals surface area contributed by atoms with Gasteiger partial charge in [-0.25, -0.2) is 18.4 Å². The third-order valence-electron chi connectivity index (χ3n) is 5.31. The van der Waals surface area contributed by atoms with Gasteiger partial charge in [-0.2, -0.15) is 0 Å². The number of carbonyl (C=O) groups excluding carboxylic acids is 2. The fourth-order valence-corrected chi connectivity index (χ4v) is 4.51. The number of aryl methyl sites for hydroxylation is 1. The van der Waals surface area contributed by atoms with Crippen molar-refractivity contribution >= 4 is 27.5 Å². The topological polar surface area (TPSA) is 107 Å². The lowest BCUT2D eigenvalue weighted by molar-refractivity contribution is -0.117. The lowest BCUT2D eigenvalue weighted by atomic mass is 9.83. The molecule has 0 saturated heterocycles. The molecule has 158 valence electrons. The zero-order chi connectivity index (χ0) is 22.3. The normalized spacial score (nSPS) is 16.4. The summed E-state index contributed by atoms with van der Waals surface area (Å²) in [6, 6.07) is 12.0. The Balaban J connectivity index is 1.75. The highest BCUT2D eigenvalue weighted by molar-refractivity contribution is 7.89. The van der Waals surface area contributed by atoms with E-state index in [0.29, 0.717) is 5.56 Å². The maximum Gasteiger partial charge on any atom is 0.338 e. The lowest BCUT2D eigenvalue weighted by Gasteiger charge is -2.23. The molecule has 0 radical (unpaired) electrons. The third-order valence-corrected chi connectivity index (χ3v) is 6.37. The largest absolute Gasteiger partial charge is 0.454 e. The fourth-order valence-electron chi connectivity index (χ4n) is 3.71. The molecule has 1 aliphatic heterocycles. The number of anilines is 1. The number of ether oxygens (including phenoxy) is 1. The Morgan fingerprint density at radius 2 is 1.83 bits per heavy atom. The minimum atomic E-state index is -3.97. The molecule has 0 saturated carbocycles. The van der Waals surface area contributed by atoms with Gasteiger partial charge in [0, 0.05) is 29.9 Å². The summed E-state index contributed by atoms with van der Waals surface area (Å²) in [6.07, 6.45) is 1.48. The van der Waals surface area contributed by atoms with Crippen LogP contribution in [-0.4, -0.2) is 33.8 Å². The molecule has 0 fully saturated rings. The summed E-state index contributed by atoms with van der Waals surface area (Å²) in [6.45, 7) is 5.17. The van der Waals surface area contributed by atoms with Crippen molar-refractivity contribution in [3.05, 3.63) is 70.9 Å². The van der Waals surface area contributed by atoms with Crippen LogP contribution in [0.4, 0.5) is 5.69 Å². The van der Waals surface area contributed by atoms with Crippen molar-refractivity contribution in [2.24, 2.45) is 5.14 Å². The van der Waals surface area contributed by atoms with E-state index in [1.165, 1.54) is 18.2 Å². The summed E-state index contributed by atoms with van der Waals surface area (Å²) in [4.78, 5) is 26.6. The molecule has 2 aromatic rings. The average Bonchev–Trinajstić information content (AvgIpc) is 2.86. The van der Waals surface area contributed by atoms with E-state index in [0.717, 1.165) is 23.0 Å². The van der Waals surface area contributed by atoms with Crippen LogP contribution in [0.1, 0.15) is 35.3 Å². The SMILES string of the molecule is Cc1ccc(C(=O)OCC(=O)/C=C2\N(C)c3ccccc3C2(C)C)cc1S(N)(=O)=O. The Labute approximate surface area is 176 Å². The van der Waals surface area contributed by atoms with Crippen molar-refractivity contribution in [1.29, 1.82) is 0 Å². The second-order valence-electron chi connectivity index (χ2n) is 7.80. The minimum Gasteiger partial charge on any atom is -0.454 e. The first kappa shape index (κ1) is 21.7. The maximum atomic E-state index is 12.5. The first-order valence-electron chi connectivity index (χ1n) is 9.31. The number of allylic oxidation sites excluding steroid dienone is 1. The number of ketones is 1. The van der Waals surface area contributed by atoms with Gasteiger partial charge in [-0.1, -0.05) is 38.1 Å². The van der Waals surface area contributed by atoms with Crippen LogP contribution in [0.15, 0.2) is 59.1 Å². The summed E-state index contributed by atoms with van der Waals surface area (Å²) in [5, 5.41) is 5.17. The van der Waals surface area contributed by atoms with Gasteiger partial charge >= 0.3 is 5.97 Å². The van der Waals surface area contributed by atoms with Crippen LogP contribution in [0.5, 0.6) is 0 Å². The van der Waals surface area contributed by atoms with Crippen molar-refractivity contribution in [2.75, 3.05) is 18.6 Å². The first-order chi connectivity index (χ1) is 13.9. The molecule has 2 aromatic carbocycles. The van der Waals surface area contributed by atoms with Gasteiger partial charge in [0.15, 0.2) is 12.4 Å². The maximum absolute atomic E-state index is 12.5. The first-order valence-corrected chi connectivity index (χ1v) is 10.9. The van der Waals surface area contributed by atoms with Crippen LogP contribution in [0.25, 0.3) is 0 Å². The Morgan fingerprint density at radius 3 is 2.47 bits per heavy atom. The van der Waals surface area contributed by atoms with E-state index in [9.17, 15) is 18.0 Å². The number of benzene rings is 2. The van der Waals surface area contributed by atoms with Gasteiger partial charge in [0.25, 0.3) is 0 Å². The summed E-state index contributed by atoms with van der Waals surface area (Å²) < 4.78 is 28.4. The van der Waals surface area contributed by atoms with Gasteiger partial charge in [-0.05, 0) is 36.2 Å². The number of hydrogen-bond acceptors (Lipinski definition) is 6. The molecule has 0 amide bonds. The molecular weight excluding hydrogens is 404 g/mol. The van der Waals surface area contributed by atoms with E-state index in [2.05, 4.69) is 0 Å². The summed E-state index contributed by atoms with van der Waals surface area (Å²) in [5.41, 5.74) is 2.99. The smallest absolute Gasteiger partial charge is 0.338 e. The fraction of sp³-hybridized carbons (Fsp3) is 0.273. The summed E-state index contributed by atoms with van der Waals surface area (Å²) in [7, 11) is -2.08. The number of para-hydroxylation sites is 1. The number of likely N-dealkylation sites (N-methyl/N-ethyl adjacent to an activating group) is 1. The second-order valence-corrected chi connectivity index (χ2v) is 9.33. The number of nitrogens with zero attached hydrogens (tertiary/aromatic N) is 1. The average molecular weight is 429 g/mol. The quantitative estimate of drug-likeness (QED) is 0.580. The number of nitrogens with two attached hydrogens (primary N) is 1. The molecule has 0 unspecified atom stereocenters.